The molecule has 2 aliphatic heterocycles. The van der Waals surface area contributed by atoms with Gasteiger partial charge in [-0.1, -0.05) is 224 Å². The molecule has 15 rings (SSSR count). The number of fused-ring (bicyclic) bond motifs is 6. The van der Waals surface area contributed by atoms with Crippen LogP contribution in [0.4, 0.5) is 34.1 Å². The maximum absolute atomic E-state index is 2.68. The highest BCUT2D eigenvalue weighted by atomic mass is 32.1. The van der Waals surface area contributed by atoms with E-state index in [-0.39, 0.29) is 17.5 Å². The Labute approximate surface area is 461 Å². The molecule has 372 valence electrons. The van der Waals surface area contributed by atoms with Crippen LogP contribution in [0.2, 0.25) is 0 Å². The van der Waals surface area contributed by atoms with Crippen LogP contribution >= 0.6 is 11.3 Å². The van der Waals surface area contributed by atoms with Gasteiger partial charge >= 0.3 is 0 Å². The molecule has 0 saturated carbocycles. The molecule has 12 aromatic carbocycles. The number of thiophene rings is 1. The lowest BCUT2D eigenvalue weighted by Crippen LogP contribution is -2.60. The van der Waals surface area contributed by atoms with E-state index in [9.17, 15) is 0 Å². The van der Waals surface area contributed by atoms with Gasteiger partial charge in [0.15, 0.2) is 0 Å². The van der Waals surface area contributed by atoms with Crippen molar-refractivity contribution in [3.63, 3.8) is 0 Å². The van der Waals surface area contributed by atoms with Crippen molar-refractivity contribution in [2.24, 2.45) is 0 Å². The van der Waals surface area contributed by atoms with E-state index in [2.05, 4.69) is 288 Å². The van der Waals surface area contributed by atoms with Crippen molar-refractivity contribution >= 4 is 110 Å². The molecule has 3 heterocycles. The fourth-order valence-electron chi connectivity index (χ4n) is 13.1. The maximum atomic E-state index is 2.68. The lowest BCUT2D eigenvalue weighted by molar-refractivity contribution is 0.590. The van der Waals surface area contributed by atoms with Crippen molar-refractivity contribution in [2.45, 2.75) is 52.4 Å². The molecule has 0 atom stereocenters. The van der Waals surface area contributed by atoms with Crippen LogP contribution in [0.15, 0.2) is 237 Å². The second kappa shape index (κ2) is 17.4. The Hall–Kier alpha value is -8.70. The minimum atomic E-state index is -0.0925. The van der Waals surface area contributed by atoms with Gasteiger partial charge in [0.1, 0.15) is 0 Å². The van der Waals surface area contributed by atoms with Gasteiger partial charge in [-0.05, 0) is 159 Å². The number of nitrogens with zero attached hydrogens (tertiary/aromatic N) is 2. The topological polar surface area (TPSA) is 6.48 Å². The van der Waals surface area contributed by atoms with Gasteiger partial charge in [0, 0.05) is 43.2 Å². The van der Waals surface area contributed by atoms with Gasteiger partial charge in [-0.3, -0.25) is 0 Å². The smallest absolute Gasteiger partial charge is 0.264 e. The summed E-state index contributed by atoms with van der Waals surface area (Å²) in [5, 5.41) is 9.02. The van der Waals surface area contributed by atoms with Gasteiger partial charge in [-0.2, -0.15) is 0 Å². The lowest BCUT2D eigenvalue weighted by Gasteiger charge is -2.44. The van der Waals surface area contributed by atoms with Gasteiger partial charge in [0.2, 0.25) is 0 Å². The Morgan fingerprint density at radius 1 is 0.372 bits per heavy atom. The molecule has 13 aromatic rings. The highest BCUT2D eigenvalue weighted by Crippen LogP contribution is 2.53. The fraction of sp³-hybridized carbons (Fsp3) is 0.108. The van der Waals surface area contributed by atoms with Crippen LogP contribution in [0, 0.1) is 0 Å². The molecule has 2 nitrogen and oxygen atoms in total. The Bertz CT molecular complexity index is 4510. The average Bonchev–Trinajstić information content (AvgIpc) is 3.94. The fourth-order valence-corrected chi connectivity index (χ4v) is 14.4. The molecule has 1 aromatic heterocycles. The minimum absolute atomic E-state index is 0.0367. The quantitative estimate of drug-likeness (QED) is 0.121. The Morgan fingerprint density at radius 2 is 0.987 bits per heavy atom. The molecule has 0 spiro atoms. The van der Waals surface area contributed by atoms with Gasteiger partial charge < -0.3 is 9.80 Å². The Kier molecular flexibility index (Phi) is 10.4. The normalized spacial score (nSPS) is 13.2. The minimum Gasteiger partial charge on any atom is -0.311 e. The van der Waals surface area contributed by atoms with Crippen LogP contribution in [-0.4, -0.2) is 6.71 Å². The van der Waals surface area contributed by atoms with Gasteiger partial charge in [-0.25, -0.2) is 0 Å². The average molecular weight is 1020 g/mol. The zero-order valence-electron chi connectivity index (χ0n) is 44.9. The zero-order chi connectivity index (χ0) is 52.6. The van der Waals surface area contributed by atoms with Crippen LogP contribution < -0.4 is 25.5 Å². The van der Waals surface area contributed by atoms with Crippen molar-refractivity contribution in [1.29, 1.82) is 0 Å². The third-order valence-corrected chi connectivity index (χ3v) is 18.1. The van der Waals surface area contributed by atoms with Crippen LogP contribution in [-0.2, 0) is 10.8 Å². The molecule has 0 aliphatic carbocycles. The first-order valence-electron chi connectivity index (χ1n) is 27.5. The largest absolute Gasteiger partial charge is 0.311 e. The summed E-state index contributed by atoms with van der Waals surface area (Å²) in [6.45, 7) is 14.0. The van der Waals surface area contributed by atoms with Crippen LogP contribution in [0.25, 0.3) is 86.9 Å². The third kappa shape index (κ3) is 7.23. The summed E-state index contributed by atoms with van der Waals surface area (Å²) in [6, 6.07) is 89.7. The van der Waals surface area contributed by atoms with Crippen molar-refractivity contribution in [1.82, 2.24) is 0 Å². The lowest BCUT2D eigenvalue weighted by atomic mass is 9.36. The molecule has 0 radical (unpaired) electrons. The van der Waals surface area contributed by atoms with Crippen LogP contribution in [0.1, 0.15) is 52.7 Å². The monoisotopic (exact) mass is 1020 g/mol. The highest BCUT2D eigenvalue weighted by molar-refractivity contribution is 7.33. The second-order valence-electron chi connectivity index (χ2n) is 23.6. The van der Waals surface area contributed by atoms with Gasteiger partial charge in [0.05, 0.1) is 11.4 Å². The summed E-state index contributed by atoms with van der Waals surface area (Å²) in [7, 11) is 0. The number of rotatable bonds is 6. The summed E-state index contributed by atoms with van der Waals surface area (Å²) in [5.74, 6) is 0. The van der Waals surface area contributed by atoms with Crippen molar-refractivity contribution in [2.75, 3.05) is 9.80 Å². The van der Waals surface area contributed by atoms with E-state index >= 15 is 0 Å². The molecule has 0 N–H and O–H groups in total. The van der Waals surface area contributed by atoms with Crippen LogP contribution in [0.3, 0.4) is 0 Å². The van der Waals surface area contributed by atoms with Gasteiger partial charge in [0.25, 0.3) is 6.71 Å². The van der Waals surface area contributed by atoms with E-state index in [0.29, 0.717) is 0 Å². The first-order valence-corrected chi connectivity index (χ1v) is 28.3. The van der Waals surface area contributed by atoms with Crippen molar-refractivity contribution in [3.05, 3.63) is 248 Å². The molecule has 2 aliphatic rings. The molecule has 0 saturated heterocycles. The summed E-state index contributed by atoms with van der Waals surface area (Å²) >= 11 is 1.96. The van der Waals surface area contributed by atoms with E-state index in [0.717, 1.165) is 5.69 Å². The first kappa shape index (κ1) is 46.6. The first-order chi connectivity index (χ1) is 38.0. The maximum Gasteiger partial charge on any atom is 0.264 e. The van der Waals surface area contributed by atoms with Gasteiger partial charge in [-0.15, -0.1) is 11.3 Å². The van der Waals surface area contributed by atoms with Crippen molar-refractivity contribution < 1.29 is 0 Å². The molecular formula is C74H57BN2S. The Morgan fingerprint density at radius 3 is 1.68 bits per heavy atom. The van der Waals surface area contributed by atoms with E-state index in [1.165, 1.54) is 142 Å². The molecule has 0 unspecified atom stereocenters. The highest BCUT2D eigenvalue weighted by Gasteiger charge is 2.46. The van der Waals surface area contributed by atoms with E-state index < -0.39 is 0 Å². The second-order valence-corrected chi connectivity index (χ2v) is 24.7. The van der Waals surface area contributed by atoms with E-state index in [1.54, 1.807) is 0 Å². The summed E-state index contributed by atoms with van der Waals surface area (Å²) in [6.07, 6.45) is 0. The number of hydrogen-bond donors (Lipinski definition) is 0. The Balaban J connectivity index is 1.05. The summed E-state index contributed by atoms with van der Waals surface area (Å²) < 4.78 is 2.64. The molecule has 0 bridgehead atoms. The van der Waals surface area contributed by atoms with E-state index in [1.807, 2.05) is 11.3 Å². The SMILES string of the molecule is CC(C)(C)c1ccc(N2c3cccc4c3B(c3ccc(-c5ccccc5)cc3N4c3ccc(C(C)(C)C)c(-c4ccccc4)c3)c3sc4ccc(-c5ccccc5)cc4c32)c(-c2ccc3ccc4cccc5ccc2c3c45)c1. The molecule has 0 fully saturated rings. The predicted molar refractivity (Wildman–Crippen MR) is 339 cm³/mol. The number of hydrogen-bond acceptors (Lipinski definition) is 3. The standard InChI is InChI=1S/C74H57BN2S/c1-73(2,3)54-34-40-63(59(44-54)56-36-30-51-29-28-49-24-16-25-50-31-37-57(56)69(51)68(49)50)77-65-27-17-26-64-70(65)75(72-71(77)60-42-52(33-41-67(60)78-72)46-18-10-7-11-19-46)62-39-32-53(47-20-12-8-13-21-47)43-66(62)76(64)55-35-38-61(74(4,5)6)58(45-55)48-22-14-9-15-23-48/h7-45H,1-6H3. The molecule has 4 heteroatoms. The molecular weight excluding hydrogens is 960 g/mol. The third-order valence-electron chi connectivity index (χ3n) is 16.9. The molecule has 0 amide bonds. The van der Waals surface area contributed by atoms with E-state index in [4.69, 9.17) is 0 Å². The zero-order valence-corrected chi connectivity index (χ0v) is 45.7. The number of anilines is 6. The summed E-state index contributed by atoms with van der Waals surface area (Å²) in [5.41, 5.74) is 22.1. The van der Waals surface area contributed by atoms with Crippen molar-refractivity contribution in [3.8, 4) is 44.5 Å². The predicted octanol–water partition coefficient (Wildman–Crippen LogP) is 19.1. The summed E-state index contributed by atoms with van der Waals surface area (Å²) in [4.78, 5) is 5.27. The number of benzene rings is 12. The molecule has 78 heavy (non-hydrogen) atoms. The van der Waals surface area contributed by atoms with Crippen LogP contribution in [0.5, 0.6) is 0 Å².